The molecule has 1 aliphatic heterocycles. The molecule has 0 radical (unpaired) electrons. The number of hydrogen-bond acceptors (Lipinski definition) is 1. The van der Waals surface area contributed by atoms with Gasteiger partial charge in [0.2, 0.25) is 0 Å². The van der Waals surface area contributed by atoms with Crippen molar-refractivity contribution in [2.24, 2.45) is 0 Å². The highest BCUT2D eigenvalue weighted by Gasteiger charge is 2.21. The zero-order valence-electron chi connectivity index (χ0n) is 12.3. The first kappa shape index (κ1) is 11.3. The predicted molar refractivity (Wildman–Crippen MR) is 87.1 cm³/mol. The molecule has 0 N–H and O–H groups in total. The summed E-state index contributed by atoms with van der Waals surface area (Å²) in [4.78, 5) is 4.88. The molecule has 1 aliphatic rings. The van der Waals surface area contributed by atoms with Crippen molar-refractivity contribution in [3.8, 4) is 0 Å². The van der Waals surface area contributed by atoms with E-state index in [2.05, 4.69) is 54.6 Å². The van der Waals surface area contributed by atoms with Gasteiger partial charge >= 0.3 is 0 Å². The Morgan fingerprint density at radius 2 is 1.76 bits per heavy atom. The number of benzene rings is 2. The number of fused-ring (bicyclic) bond motifs is 3. The summed E-state index contributed by atoms with van der Waals surface area (Å²) in [5.74, 6) is 0. The quantitative estimate of drug-likeness (QED) is 0.435. The maximum Gasteiger partial charge on any atom is 0.145 e. The second-order valence-electron chi connectivity index (χ2n) is 6.17. The fourth-order valence-electron chi connectivity index (χ4n) is 3.96. The van der Waals surface area contributed by atoms with E-state index in [0.717, 1.165) is 18.5 Å². The van der Waals surface area contributed by atoms with Crippen molar-refractivity contribution >= 4 is 27.3 Å². The Balaban J connectivity index is 2.24. The lowest BCUT2D eigenvalue weighted by atomic mass is 9.95. The summed E-state index contributed by atoms with van der Waals surface area (Å²) < 4.78 is 2.41. The lowest BCUT2D eigenvalue weighted by Gasteiger charge is -2.19. The molecule has 0 aliphatic carbocycles. The lowest BCUT2D eigenvalue weighted by molar-refractivity contribution is 0.865. The molecule has 21 heavy (non-hydrogen) atoms. The number of pyridine rings is 1. The van der Waals surface area contributed by atoms with Gasteiger partial charge in [0.05, 0.1) is 11.2 Å². The molecule has 2 heteroatoms. The molecule has 0 spiro atoms. The SMILES string of the molecule is Cc1cc2c3c(c1)c1ccccc1c1nc(C)c(n13)CC2. The van der Waals surface area contributed by atoms with E-state index in [-0.39, 0.29) is 0 Å². The molecular weight excluding hydrogens is 256 g/mol. The Morgan fingerprint density at radius 3 is 2.62 bits per heavy atom. The van der Waals surface area contributed by atoms with Crippen molar-refractivity contribution in [3.05, 3.63) is 58.9 Å². The minimum atomic E-state index is 1.09. The summed E-state index contributed by atoms with van der Waals surface area (Å²) in [5, 5.41) is 3.95. The first-order valence-corrected chi connectivity index (χ1v) is 7.56. The van der Waals surface area contributed by atoms with Crippen LogP contribution in [0.15, 0.2) is 36.4 Å². The van der Waals surface area contributed by atoms with Gasteiger partial charge in [-0.2, -0.15) is 0 Å². The molecule has 0 fully saturated rings. The highest BCUT2D eigenvalue weighted by atomic mass is 15.0. The summed E-state index contributed by atoms with van der Waals surface area (Å²) in [6.07, 6.45) is 2.22. The van der Waals surface area contributed by atoms with E-state index in [9.17, 15) is 0 Å². The van der Waals surface area contributed by atoms with Crippen LogP contribution in [-0.2, 0) is 12.8 Å². The van der Waals surface area contributed by atoms with Crippen LogP contribution in [-0.4, -0.2) is 9.38 Å². The minimum Gasteiger partial charge on any atom is -0.296 e. The van der Waals surface area contributed by atoms with Crippen LogP contribution in [0.4, 0.5) is 0 Å². The zero-order chi connectivity index (χ0) is 14.1. The van der Waals surface area contributed by atoms with Crippen molar-refractivity contribution in [3.63, 3.8) is 0 Å². The number of aryl methyl sites for hydroxylation is 4. The second kappa shape index (κ2) is 3.64. The second-order valence-corrected chi connectivity index (χ2v) is 6.17. The van der Waals surface area contributed by atoms with Crippen molar-refractivity contribution in [2.75, 3.05) is 0 Å². The van der Waals surface area contributed by atoms with Crippen LogP contribution < -0.4 is 0 Å². The van der Waals surface area contributed by atoms with E-state index in [4.69, 9.17) is 4.98 Å². The average Bonchev–Trinajstić information content (AvgIpc) is 2.83. The van der Waals surface area contributed by atoms with Crippen LogP contribution in [0.1, 0.15) is 22.5 Å². The minimum absolute atomic E-state index is 1.09. The normalized spacial score (nSPS) is 13.8. The molecule has 0 atom stereocenters. The fourth-order valence-corrected chi connectivity index (χ4v) is 3.96. The molecule has 5 rings (SSSR count). The molecule has 0 bridgehead atoms. The molecular formula is C19H16N2. The highest BCUT2D eigenvalue weighted by molar-refractivity contribution is 6.13. The first-order chi connectivity index (χ1) is 10.2. The Labute approximate surface area is 123 Å². The van der Waals surface area contributed by atoms with Crippen molar-refractivity contribution in [1.29, 1.82) is 0 Å². The summed E-state index contributed by atoms with van der Waals surface area (Å²) in [7, 11) is 0. The molecule has 102 valence electrons. The Bertz CT molecular complexity index is 1050. The summed E-state index contributed by atoms with van der Waals surface area (Å²) in [6.45, 7) is 4.34. The standard InChI is InChI=1S/C19H16N2/c1-11-9-13-7-8-17-12(2)20-19-15-6-4-3-5-14(15)16(10-11)18(13)21(17)19/h3-6,9-10H,7-8H2,1-2H3. The number of rotatable bonds is 0. The summed E-state index contributed by atoms with van der Waals surface area (Å²) in [6, 6.07) is 13.3. The van der Waals surface area contributed by atoms with Crippen LogP contribution in [0.25, 0.3) is 27.3 Å². The van der Waals surface area contributed by atoms with E-state index in [1.54, 1.807) is 0 Å². The summed E-state index contributed by atoms with van der Waals surface area (Å²) in [5.41, 5.74) is 7.87. The third-order valence-corrected chi connectivity index (χ3v) is 4.82. The van der Waals surface area contributed by atoms with E-state index in [1.807, 2.05) is 0 Å². The molecule has 0 saturated heterocycles. The molecule has 0 unspecified atom stereocenters. The maximum atomic E-state index is 4.88. The smallest absolute Gasteiger partial charge is 0.145 e. The fraction of sp³-hybridized carbons (Fsp3) is 0.211. The molecule has 2 nitrogen and oxygen atoms in total. The highest BCUT2D eigenvalue weighted by Crippen LogP contribution is 2.36. The van der Waals surface area contributed by atoms with E-state index in [1.165, 1.54) is 44.2 Å². The molecule has 0 amide bonds. The van der Waals surface area contributed by atoms with Crippen LogP contribution in [0.5, 0.6) is 0 Å². The van der Waals surface area contributed by atoms with Gasteiger partial charge in [-0.3, -0.25) is 4.40 Å². The zero-order valence-corrected chi connectivity index (χ0v) is 12.3. The lowest BCUT2D eigenvalue weighted by Crippen LogP contribution is -2.08. The van der Waals surface area contributed by atoms with Crippen LogP contribution in [0.2, 0.25) is 0 Å². The molecule has 2 aromatic heterocycles. The number of hydrogen-bond donors (Lipinski definition) is 0. The maximum absolute atomic E-state index is 4.88. The Hall–Kier alpha value is -2.35. The third-order valence-electron chi connectivity index (χ3n) is 4.82. The van der Waals surface area contributed by atoms with Gasteiger partial charge in [0.15, 0.2) is 0 Å². The van der Waals surface area contributed by atoms with Gasteiger partial charge in [0.1, 0.15) is 5.65 Å². The van der Waals surface area contributed by atoms with E-state index in [0.29, 0.717) is 0 Å². The Kier molecular flexibility index (Phi) is 1.96. The van der Waals surface area contributed by atoms with E-state index >= 15 is 0 Å². The largest absolute Gasteiger partial charge is 0.296 e. The van der Waals surface area contributed by atoms with E-state index < -0.39 is 0 Å². The third kappa shape index (κ3) is 1.30. The Morgan fingerprint density at radius 1 is 0.952 bits per heavy atom. The van der Waals surface area contributed by atoms with Crippen molar-refractivity contribution in [1.82, 2.24) is 9.38 Å². The molecule has 3 heterocycles. The predicted octanol–water partition coefficient (Wildman–Crippen LogP) is 4.36. The van der Waals surface area contributed by atoms with Crippen LogP contribution in [0.3, 0.4) is 0 Å². The van der Waals surface area contributed by atoms with Crippen LogP contribution in [0, 0.1) is 13.8 Å². The van der Waals surface area contributed by atoms with Gasteiger partial charge in [-0.15, -0.1) is 0 Å². The van der Waals surface area contributed by atoms with Crippen LogP contribution >= 0.6 is 0 Å². The van der Waals surface area contributed by atoms with Gasteiger partial charge in [-0.25, -0.2) is 4.98 Å². The van der Waals surface area contributed by atoms with Gasteiger partial charge < -0.3 is 0 Å². The van der Waals surface area contributed by atoms with Gasteiger partial charge in [0.25, 0.3) is 0 Å². The number of imidazole rings is 1. The average molecular weight is 272 g/mol. The summed E-state index contributed by atoms with van der Waals surface area (Å²) >= 11 is 0. The molecule has 2 aromatic carbocycles. The monoisotopic (exact) mass is 272 g/mol. The van der Waals surface area contributed by atoms with Crippen molar-refractivity contribution in [2.45, 2.75) is 26.7 Å². The van der Waals surface area contributed by atoms with Gasteiger partial charge in [-0.05, 0) is 43.7 Å². The molecule has 4 aromatic rings. The number of aromatic nitrogens is 2. The van der Waals surface area contributed by atoms with Gasteiger partial charge in [-0.1, -0.05) is 35.9 Å². The first-order valence-electron chi connectivity index (χ1n) is 7.56. The topological polar surface area (TPSA) is 17.3 Å². The van der Waals surface area contributed by atoms with Gasteiger partial charge in [0, 0.05) is 16.5 Å². The number of nitrogens with zero attached hydrogens (tertiary/aromatic N) is 2. The molecule has 0 saturated carbocycles. The van der Waals surface area contributed by atoms with Crippen molar-refractivity contribution < 1.29 is 0 Å².